The largest absolute Gasteiger partial charge is 0.325 e. The molecule has 0 radical (unpaired) electrons. The van der Waals surface area contributed by atoms with Crippen LogP contribution < -0.4 is 10.6 Å². The van der Waals surface area contributed by atoms with E-state index in [0.717, 1.165) is 27.3 Å². The van der Waals surface area contributed by atoms with Gasteiger partial charge in [0, 0.05) is 21.8 Å². The van der Waals surface area contributed by atoms with Gasteiger partial charge in [0.1, 0.15) is 0 Å². The summed E-state index contributed by atoms with van der Waals surface area (Å²) in [5.74, 6) is -0.169. The normalized spacial score (nSPS) is 11.6. The molecule has 4 nitrogen and oxygen atoms in total. The monoisotopic (exact) mass is 432 g/mol. The molecule has 2 amide bonds. The molecule has 31 heavy (non-hydrogen) atoms. The van der Waals surface area contributed by atoms with E-state index in [2.05, 4.69) is 16.7 Å². The van der Waals surface area contributed by atoms with Crippen molar-refractivity contribution in [2.24, 2.45) is 0 Å². The van der Waals surface area contributed by atoms with Crippen LogP contribution in [0.25, 0.3) is 0 Å². The number of benzene rings is 3. The molecule has 5 heteroatoms. The second-order valence-corrected chi connectivity index (χ2v) is 9.01. The van der Waals surface area contributed by atoms with Gasteiger partial charge in [-0.1, -0.05) is 36.8 Å². The van der Waals surface area contributed by atoms with E-state index in [1.165, 1.54) is 11.8 Å². The summed E-state index contributed by atoms with van der Waals surface area (Å²) in [6.45, 7) is 8.00. The smallest absolute Gasteiger partial charge is 0.255 e. The zero-order valence-electron chi connectivity index (χ0n) is 18.4. The van der Waals surface area contributed by atoms with Crippen LogP contribution in [0, 0.1) is 20.8 Å². The van der Waals surface area contributed by atoms with Gasteiger partial charge in [-0.05, 0) is 80.8 Å². The van der Waals surface area contributed by atoms with Crippen LogP contribution in [0.15, 0.2) is 71.6 Å². The van der Waals surface area contributed by atoms with Gasteiger partial charge in [-0.25, -0.2) is 0 Å². The Morgan fingerprint density at radius 1 is 0.806 bits per heavy atom. The molecule has 0 saturated heterocycles. The van der Waals surface area contributed by atoms with Crippen molar-refractivity contribution in [3.63, 3.8) is 0 Å². The first kappa shape index (κ1) is 22.6. The third-order valence-electron chi connectivity index (χ3n) is 4.80. The second kappa shape index (κ2) is 10.3. The number of anilines is 2. The van der Waals surface area contributed by atoms with E-state index in [0.29, 0.717) is 17.7 Å². The summed E-state index contributed by atoms with van der Waals surface area (Å²) in [7, 11) is 0. The Kier molecular flexibility index (Phi) is 7.53. The fraction of sp³-hybridized carbons (Fsp3) is 0.231. The lowest BCUT2D eigenvalue weighted by molar-refractivity contribution is -0.115. The topological polar surface area (TPSA) is 58.2 Å². The first-order valence-corrected chi connectivity index (χ1v) is 11.3. The minimum Gasteiger partial charge on any atom is -0.325 e. The molecule has 0 spiro atoms. The van der Waals surface area contributed by atoms with E-state index < -0.39 is 0 Å². The van der Waals surface area contributed by atoms with E-state index in [4.69, 9.17) is 0 Å². The summed E-state index contributed by atoms with van der Waals surface area (Å²) in [6.07, 6.45) is 0.696. The fourth-order valence-corrected chi connectivity index (χ4v) is 4.41. The van der Waals surface area contributed by atoms with E-state index in [-0.39, 0.29) is 17.1 Å². The Morgan fingerprint density at radius 2 is 1.52 bits per heavy atom. The lowest BCUT2D eigenvalue weighted by Gasteiger charge is -2.16. The van der Waals surface area contributed by atoms with Crippen LogP contribution in [0.2, 0.25) is 0 Å². The molecular formula is C26H28N2O2S. The highest BCUT2D eigenvalue weighted by atomic mass is 32.2. The molecule has 160 valence electrons. The molecule has 0 aromatic heterocycles. The van der Waals surface area contributed by atoms with Crippen LogP contribution in [0.5, 0.6) is 0 Å². The van der Waals surface area contributed by atoms with Crippen LogP contribution in [-0.2, 0) is 4.79 Å². The van der Waals surface area contributed by atoms with Crippen molar-refractivity contribution in [3.8, 4) is 0 Å². The van der Waals surface area contributed by atoms with E-state index in [1.807, 2.05) is 82.3 Å². The minimum atomic E-state index is -0.233. The van der Waals surface area contributed by atoms with E-state index >= 15 is 0 Å². The Morgan fingerprint density at radius 3 is 2.19 bits per heavy atom. The first-order chi connectivity index (χ1) is 14.8. The molecule has 3 aromatic carbocycles. The molecule has 0 aliphatic rings. The molecule has 2 N–H and O–H groups in total. The van der Waals surface area contributed by atoms with Crippen molar-refractivity contribution in [1.29, 1.82) is 0 Å². The fourth-order valence-electron chi connectivity index (χ4n) is 3.39. The van der Waals surface area contributed by atoms with Gasteiger partial charge in [0.2, 0.25) is 5.91 Å². The molecule has 1 unspecified atom stereocenters. The molecule has 0 fully saturated rings. The Balaban J connectivity index is 1.68. The number of hydrogen-bond donors (Lipinski definition) is 2. The molecule has 0 aliphatic carbocycles. The van der Waals surface area contributed by atoms with Crippen LogP contribution in [0.3, 0.4) is 0 Å². The predicted molar refractivity (Wildman–Crippen MR) is 130 cm³/mol. The van der Waals surface area contributed by atoms with Crippen LogP contribution >= 0.6 is 11.8 Å². The summed E-state index contributed by atoms with van der Waals surface area (Å²) >= 11 is 1.50. The third-order valence-corrected chi connectivity index (χ3v) is 6.16. The standard InChI is InChI=1S/C26H28N2O2S/c1-5-24(26(30)28-22-14-18(3)12-19(4)15-22)31-23-11-7-10-21(16-23)27-25(29)20-9-6-8-17(2)13-20/h6-16,24H,5H2,1-4H3,(H,27,29)(H,28,30). The van der Waals surface area contributed by atoms with E-state index in [9.17, 15) is 9.59 Å². The molecule has 3 aromatic rings. The number of thioether (sulfide) groups is 1. The highest BCUT2D eigenvalue weighted by Gasteiger charge is 2.19. The average molecular weight is 433 g/mol. The van der Waals surface area contributed by atoms with Gasteiger partial charge in [0.05, 0.1) is 5.25 Å². The van der Waals surface area contributed by atoms with E-state index in [1.54, 1.807) is 6.07 Å². The zero-order chi connectivity index (χ0) is 22.4. The minimum absolute atomic E-state index is 0.0216. The van der Waals surface area contributed by atoms with Crippen molar-refractivity contribution >= 4 is 35.0 Å². The Labute approximate surface area is 188 Å². The predicted octanol–water partition coefficient (Wildman–Crippen LogP) is 6.37. The summed E-state index contributed by atoms with van der Waals surface area (Å²) in [4.78, 5) is 26.3. The van der Waals surface area contributed by atoms with Gasteiger partial charge in [-0.2, -0.15) is 0 Å². The Hall–Kier alpha value is -3.05. The van der Waals surface area contributed by atoms with Crippen LogP contribution in [0.4, 0.5) is 11.4 Å². The third kappa shape index (κ3) is 6.46. The number of hydrogen-bond acceptors (Lipinski definition) is 3. The zero-order valence-corrected chi connectivity index (χ0v) is 19.2. The second-order valence-electron chi connectivity index (χ2n) is 7.73. The van der Waals surface area contributed by atoms with Gasteiger partial charge in [-0.3, -0.25) is 9.59 Å². The summed E-state index contributed by atoms with van der Waals surface area (Å²) < 4.78 is 0. The van der Waals surface area contributed by atoms with Gasteiger partial charge < -0.3 is 10.6 Å². The van der Waals surface area contributed by atoms with Gasteiger partial charge >= 0.3 is 0 Å². The molecule has 0 saturated carbocycles. The quantitative estimate of drug-likeness (QED) is 0.426. The van der Waals surface area contributed by atoms with Crippen molar-refractivity contribution in [2.75, 3.05) is 10.6 Å². The molecule has 0 aliphatic heterocycles. The van der Waals surface area contributed by atoms with Crippen LogP contribution in [0.1, 0.15) is 40.4 Å². The molecular weight excluding hydrogens is 404 g/mol. The molecule has 0 heterocycles. The number of rotatable bonds is 7. The van der Waals surface area contributed by atoms with Gasteiger partial charge in [0.25, 0.3) is 5.91 Å². The highest BCUT2D eigenvalue weighted by Crippen LogP contribution is 2.29. The number of nitrogens with one attached hydrogen (secondary N) is 2. The summed E-state index contributed by atoms with van der Waals surface area (Å²) in [5.41, 5.74) is 5.43. The maximum Gasteiger partial charge on any atom is 0.255 e. The summed E-state index contributed by atoms with van der Waals surface area (Å²) in [6, 6.07) is 21.1. The van der Waals surface area contributed by atoms with Crippen molar-refractivity contribution in [1.82, 2.24) is 0 Å². The number of carbonyl (C=O) groups is 2. The maximum absolute atomic E-state index is 12.8. The maximum atomic E-state index is 12.8. The number of carbonyl (C=O) groups excluding carboxylic acids is 2. The van der Waals surface area contributed by atoms with Gasteiger partial charge in [-0.15, -0.1) is 11.8 Å². The average Bonchev–Trinajstić information content (AvgIpc) is 2.71. The lowest BCUT2D eigenvalue weighted by atomic mass is 10.1. The number of aryl methyl sites for hydroxylation is 3. The van der Waals surface area contributed by atoms with Crippen molar-refractivity contribution < 1.29 is 9.59 Å². The molecule has 0 bridgehead atoms. The highest BCUT2D eigenvalue weighted by molar-refractivity contribution is 8.00. The van der Waals surface area contributed by atoms with Crippen molar-refractivity contribution in [2.45, 2.75) is 44.3 Å². The SMILES string of the molecule is CCC(Sc1cccc(NC(=O)c2cccc(C)c2)c1)C(=O)Nc1cc(C)cc(C)c1. The molecule has 1 atom stereocenters. The summed E-state index contributed by atoms with van der Waals surface area (Å²) in [5, 5.41) is 5.75. The first-order valence-electron chi connectivity index (χ1n) is 10.4. The Bertz CT molecular complexity index is 1070. The van der Waals surface area contributed by atoms with Gasteiger partial charge in [0.15, 0.2) is 0 Å². The van der Waals surface area contributed by atoms with Crippen LogP contribution in [-0.4, -0.2) is 17.1 Å². The lowest BCUT2D eigenvalue weighted by Crippen LogP contribution is -2.24. The molecule has 3 rings (SSSR count). The number of amides is 2. The van der Waals surface area contributed by atoms with Crippen molar-refractivity contribution in [3.05, 3.63) is 89.0 Å².